The summed E-state index contributed by atoms with van der Waals surface area (Å²) >= 11 is 3.45. The molecule has 2 aromatic rings. The second-order valence-corrected chi connectivity index (χ2v) is 7.00. The molecule has 0 spiro atoms. The van der Waals surface area contributed by atoms with Crippen LogP contribution in [0.5, 0.6) is 11.5 Å². The zero-order valence-corrected chi connectivity index (χ0v) is 16.1. The second-order valence-electron chi connectivity index (χ2n) is 6.14. The van der Waals surface area contributed by atoms with Crippen molar-refractivity contribution in [3.05, 3.63) is 81.9 Å². The van der Waals surface area contributed by atoms with Gasteiger partial charge < -0.3 is 9.47 Å². The summed E-state index contributed by atoms with van der Waals surface area (Å²) in [7, 11) is 0. The molecule has 0 N–H and O–H groups in total. The molecule has 0 heterocycles. The summed E-state index contributed by atoms with van der Waals surface area (Å²) < 4.78 is 12.5. The first-order valence-corrected chi connectivity index (χ1v) is 9.48. The minimum Gasteiger partial charge on any atom is -0.489 e. The number of aldehydes is 1. The number of carbonyl (C=O) groups is 1. The van der Waals surface area contributed by atoms with Gasteiger partial charge in [-0.2, -0.15) is 0 Å². The fourth-order valence-corrected chi connectivity index (χ4v) is 3.26. The van der Waals surface area contributed by atoms with Gasteiger partial charge in [0.15, 0.2) is 6.29 Å². The van der Waals surface area contributed by atoms with Crippen molar-refractivity contribution < 1.29 is 14.3 Å². The quantitative estimate of drug-likeness (QED) is 0.532. The topological polar surface area (TPSA) is 35.5 Å². The van der Waals surface area contributed by atoms with Crippen LogP contribution in [0, 0.1) is 0 Å². The van der Waals surface area contributed by atoms with E-state index >= 15 is 0 Å². The number of carbonyl (C=O) groups excluding carboxylic acids is 1. The van der Waals surface area contributed by atoms with Crippen LogP contribution >= 0.6 is 15.9 Å². The third-order valence-corrected chi connectivity index (χ3v) is 4.84. The third-order valence-electron chi connectivity index (χ3n) is 4.18. The standard InChI is InChI=1S/C22H21BrO3/c23-21-12-19(25-15-17-10-6-3-7-11-17)13-22(20(21)14-24)26-16-18-8-4-1-2-5-9-18/h1,3-4,6-8,10-14H,2,5,9,15-16H2. The molecule has 0 bridgehead atoms. The lowest BCUT2D eigenvalue weighted by atomic mass is 10.1. The van der Waals surface area contributed by atoms with E-state index in [1.807, 2.05) is 30.3 Å². The molecule has 0 saturated heterocycles. The van der Waals surface area contributed by atoms with E-state index < -0.39 is 0 Å². The van der Waals surface area contributed by atoms with E-state index in [1.54, 1.807) is 12.1 Å². The highest BCUT2D eigenvalue weighted by Gasteiger charge is 2.12. The van der Waals surface area contributed by atoms with Gasteiger partial charge in [-0.05, 0) is 52.4 Å². The van der Waals surface area contributed by atoms with E-state index in [1.165, 1.54) is 5.57 Å². The van der Waals surface area contributed by atoms with Crippen LogP contribution in [0.3, 0.4) is 0 Å². The molecule has 2 aromatic carbocycles. The Balaban J connectivity index is 1.72. The lowest BCUT2D eigenvalue weighted by Gasteiger charge is -2.14. The van der Waals surface area contributed by atoms with Gasteiger partial charge in [-0.1, -0.05) is 48.6 Å². The Morgan fingerprint density at radius 2 is 1.92 bits per heavy atom. The van der Waals surface area contributed by atoms with Gasteiger partial charge in [0.25, 0.3) is 0 Å². The molecule has 0 unspecified atom stereocenters. The van der Waals surface area contributed by atoms with Crippen LogP contribution in [0.4, 0.5) is 0 Å². The first-order valence-electron chi connectivity index (χ1n) is 8.69. The molecule has 1 aliphatic rings. The van der Waals surface area contributed by atoms with Gasteiger partial charge >= 0.3 is 0 Å². The number of hydrogen-bond donors (Lipinski definition) is 0. The summed E-state index contributed by atoms with van der Waals surface area (Å²) in [5, 5.41) is 0. The van der Waals surface area contributed by atoms with Gasteiger partial charge in [-0.15, -0.1) is 0 Å². The number of ether oxygens (including phenoxy) is 2. The van der Waals surface area contributed by atoms with Crippen molar-refractivity contribution in [2.45, 2.75) is 25.9 Å². The Kier molecular flexibility index (Phi) is 6.67. The number of hydrogen-bond acceptors (Lipinski definition) is 3. The summed E-state index contributed by atoms with van der Waals surface area (Å²) in [5.41, 5.74) is 2.81. The average Bonchev–Trinajstić information content (AvgIpc) is 2.94. The van der Waals surface area contributed by atoms with Crippen LogP contribution in [0.25, 0.3) is 0 Å². The maximum atomic E-state index is 11.5. The average molecular weight is 413 g/mol. The molecule has 0 fully saturated rings. The predicted molar refractivity (Wildman–Crippen MR) is 107 cm³/mol. The van der Waals surface area contributed by atoms with Crippen molar-refractivity contribution in [3.63, 3.8) is 0 Å². The molecule has 3 rings (SSSR count). The van der Waals surface area contributed by atoms with Crippen LogP contribution < -0.4 is 9.47 Å². The van der Waals surface area contributed by atoms with Crippen molar-refractivity contribution in [2.24, 2.45) is 0 Å². The molecule has 0 radical (unpaired) electrons. The highest BCUT2D eigenvalue weighted by atomic mass is 79.9. The fourth-order valence-electron chi connectivity index (χ4n) is 2.75. The van der Waals surface area contributed by atoms with Crippen molar-refractivity contribution in [1.29, 1.82) is 0 Å². The number of benzene rings is 2. The minimum atomic E-state index is 0.461. The van der Waals surface area contributed by atoms with Crippen LogP contribution in [0.15, 0.2) is 70.7 Å². The summed E-state index contributed by atoms with van der Waals surface area (Å²) in [5.74, 6) is 1.20. The van der Waals surface area contributed by atoms with E-state index in [0.717, 1.165) is 31.1 Å². The van der Waals surface area contributed by atoms with Gasteiger partial charge in [-0.3, -0.25) is 4.79 Å². The van der Waals surface area contributed by atoms with Gasteiger partial charge in [0, 0.05) is 10.5 Å². The predicted octanol–water partition coefficient (Wildman–Crippen LogP) is 5.89. The monoisotopic (exact) mass is 412 g/mol. The first kappa shape index (κ1) is 18.5. The van der Waals surface area contributed by atoms with Gasteiger partial charge in [0.1, 0.15) is 24.7 Å². The Bertz CT molecular complexity index is 810. The molecule has 0 amide bonds. The molecule has 4 heteroatoms. The summed E-state index contributed by atoms with van der Waals surface area (Å²) in [6, 6.07) is 13.5. The van der Waals surface area contributed by atoms with E-state index in [4.69, 9.17) is 9.47 Å². The van der Waals surface area contributed by atoms with E-state index in [-0.39, 0.29) is 0 Å². The highest BCUT2D eigenvalue weighted by molar-refractivity contribution is 9.10. The van der Waals surface area contributed by atoms with Crippen molar-refractivity contribution >= 4 is 22.2 Å². The summed E-state index contributed by atoms with van der Waals surface area (Å²) in [6.07, 6.45) is 10.4. The van der Waals surface area contributed by atoms with Crippen LogP contribution in [0.1, 0.15) is 35.2 Å². The van der Waals surface area contributed by atoms with Crippen LogP contribution in [0.2, 0.25) is 0 Å². The second kappa shape index (κ2) is 9.39. The molecule has 26 heavy (non-hydrogen) atoms. The maximum Gasteiger partial charge on any atom is 0.154 e. The zero-order valence-electron chi connectivity index (χ0n) is 14.5. The molecule has 0 aliphatic heterocycles. The van der Waals surface area contributed by atoms with E-state index in [9.17, 15) is 4.79 Å². The Morgan fingerprint density at radius 1 is 1.08 bits per heavy atom. The lowest BCUT2D eigenvalue weighted by molar-refractivity contribution is 0.111. The maximum absolute atomic E-state index is 11.5. The lowest BCUT2D eigenvalue weighted by Crippen LogP contribution is -2.04. The minimum absolute atomic E-state index is 0.461. The van der Waals surface area contributed by atoms with Crippen molar-refractivity contribution in [1.82, 2.24) is 0 Å². The Morgan fingerprint density at radius 3 is 2.73 bits per heavy atom. The molecular weight excluding hydrogens is 392 g/mol. The molecular formula is C22H21BrO3. The van der Waals surface area contributed by atoms with Gasteiger partial charge in [0.05, 0.1) is 5.56 Å². The number of allylic oxidation sites excluding steroid dienone is 3. The largest absolute Gasteiger partial charge is 0.489 e. The zero-order chi connectivity index (χ0) is 18.2. The molecule has 0 atom stereocenters. The molecule has 1 aliphatic carbocycles. The fraction of sp³-hybridized carbons (Fsp3) is 0.227. The van der Waals surface area contributed by atoms with E-state index in [0.29, 0.717) is 34.7 Å². The Hall–Kier alpha value is -2.33. The van der Waals surface area contributed by atoms with Crippen LogP contribution in [-0.4, -0.2) is 12.9 Å². The molecule has 3 nitrogen and oxygen atoms in total. The first-order chi connectivity index (χ1) is 12.8. The Labute approximate surface area is 162 Å². The van der Waals surface area contributed by atoms with Crippen molar-refractivity contribution in [2.75, 3.05) is 6.61 Å². The summed E-state index contributed by atoms with van der Waals surface area (Å²) in [4.78, 5) is 11.5. The van der Waals surface area contributed by atoms with Gasteiger partial charge in [0.2, 0.25) is 0 Å². The third kappa shape index (κ3) is 5.09. The SMILES string of the molecule is O=Cc1c(Br)cc(OCc2ccccc2)cc1OCC1=CC=CCCC1. The molecule has 134 valence electrons. The number of rotatable bonds is 7. The summed E-state index contributed by atoms with van der Waals surface area (Å²) in [6.45, 7) is 0.933. The smallest absolute Gasteiger partial charge is 0.154 e. The van der Waals surface area contributed by atoms with Gasteiger partial charge in [-0.25, -0.2) is 0 Å². The van der Waals surface area contributed by atoms with Crippen molar-refractivity contribution in [3.8, 4) is 11.5 Å². The normalized spacial score (nSPS) is 13.7. The molecule has 0 saturated carbocycles. The number of halogens is 1. The highest BCUT2D eigenvalue weighted by Crippen LogP contribution is 2.32. The van der Waals surface area contributed by atoms with Crippen LogP contribution in [-0.2, 0) is 6.61 Å². The molecule has 0 aromatic heterocycles. The van der Waals surface area contributed by atoms with E-state index in [2.05, 4.69) is 34.2 Å².